The molecule has 4 nitrogen and oxygen atoms in total. The molecule has 0 aliphatic rings. The van der Waals surface area contributed by atoms with Crippen LogP contribution in [-0.4, -0.2) is 41.5 Å². The van der Waals surface area contributed by atoms with Crippen LogP contribution >= 0.6 is 22.6 Å². The molecule has 0 spiro atoms. The SMILES string of the molecule is Cc1cccc(NC(=O)CCNCCN(CI)C/C=C/c2ccc(F)cc2)c1. The number of anilines is 1. The number of hydrogen-bond donors (Lipinski definition) is 2. The summed E-state index contributed by atoms with van der Waals surface area (Å²) < 4.78 is 13.8. The highest BCUT2D eigenvalue weighted by Crippen LogP contribution is 2.09. The highest BCUT2D eigenvalue weighted by Gasteiger charge is 2.03. The first-order chi connectivity index (χ1) is 13.6. The number of rotatable bonds is 11. The maximum atomic E-state index is 12.9. The minimum Gasteiger partial charge on any atom is -0.326 e. The molecular formula is C22H27FIN3O. The molecule has 2 aromatic carbocycles. The Bertz CT molecular complexity index is 765. The number of carbonyl (C=O) groups excluding carboxylic acids is 1. The number of carbonyl (C=O) groups is 1. The molecule has 150 valence electrons. The van der Waals surface area contributed by atoms with Crippen molar-refractivity contribution < 1.29 is 9.18 Å². The number of halogens is 2. The molecule has 0 heterocycles. The molecule has 0 aliphatic heterocycles. The molecule has 0 aromatic heterocycles. The molecular weight excluding hydrogens is 468 g/mol. The number of nitrogens with zero attached hydrogens (tertiary/aromatic N) is 1. The van der Waals surface area contributed by atoms with E-state index < -0.39 is 0 Å². The lowest BCUT2D eigenvalue weighted by Gasteiger charge is -2.17. The van der Waals surface area contributed by atoms with Crippen molar-refractivity contribution in [2.75, 3.05) is 36.0 Å². The van der Waals surface area contributed by atoms with Crippen molar-refractivity contribution in [2.24, 2.45) is 0 Å². The average Bonchev–Trinajstić information content (AvgIpc) is 2.68. The highest BCUT2D eigenvalue weighted by molar-refractivity contribution is 14.1. The maximum absolute atomic E-state index is 12.9. The fraction of sp³-hybridized carbons (Fsp3) is 0.318. The lowest BCUT2D eigenvalue weighted by atomic mass is 10.2. The molecule has 2 aromatic rings. The van der Waals surface area contributed by atoms with E-state index in [1.165, 1.54) is 12.1 Å². The third-order valence-corrected chi connectivity index (χ3v) is 5.11. The monoisotopic (exact) mass is 495 g/mol. The molecule has 0 bridgehead atoms. The lowest BCUT2D eigenvalue weighted by Crippen LogP contribution is -2.32. The summed E-state index contributed by atoms with van der Waals surface area (Å²) in [6.45, 7) is 5.21. The van der Waals surface area contributed by atoms with Gasteiger partial charge in [0.15, 0.2) is 0 Å². The Hall–Kier alpha value is -1.77. The van der Waals surface area contributed by atoms with Gasteiger partial charge in [-0.15, -0.1) is 0 Å². The van der Waals surface area contributed by atoms with Crippen molar-refractivity contribution in [3.05, 3.63) is 71.6 Å². The number of alkyl halides is 1. The second-order valence-electron chi connectivity index (χ2n) is 6.57. The van der Waals surface area contributed by atoms with E-state index in [0.717, 1.165) is 41.0 Å². The van der Waals surface area contributed by atoms with Gasteiger partial charge in [0.05, 0.1) is 4.55 Å². The van der Waals surface area contributed by atoms with Crippen molar-refractivity contribution in [3.8, 4) is 0 Å². The molecule has 0 fully saturated rings. The summed E-state index contributed by atoms with van der Waals surface area (Å²) in [7, 11) is 0. The van der Waals surface area contributed by atoms with Crippen molar-refractivity contribution in [3.63, 3.8) is 0 Å². The van der Waals surface area contributed by atoms with E-state index in [1.54, 1.807) is 12.1 Å². The molecule has 0 atom stereocenters. The van der Waals surface area contributed by atoms with Crippen molar-refractivity contribution >= 4 is 40.3 Å². The molecule has 6 heteroatoms. The lowest BCUT2D eigenvalue weighted by molar-refractivity contribution is -0.116. The fourth-order valence-electron chi connectivity index (χ4n) is 2.62. The standard InChI is InChI=1S/C22H27FIN3O/c1-18-4-2-6-21(16-18)26-22(28)11-12-25-13-15-27(17-24)14-3-5-19-7-9-20(23)10-8-19/h2-10,16,25H,11-15,17H2,1H3,(H,26,28)/b5-3+. The van der Waals surface area contributed by atoms with Gasteiger partial charge in [0.2, 0.25) is 5.91 Å². The predicted octanol–water partition coefficient (Wildman–Crippen LogP) is 4.46. The average molecular weight is 495 g/mol. The Balaban J connectivity index is 1.60. The van der Waals surface area contributed by atoms with Crippen LogP contribution in [0.5, 0.6) is 0 Å². The Morgan fingerprint density at radius 2 is 1.96 bits per heavy atom. The summed E-state index contributed by atoms with van der Waals surface area (Å²) >= 11 is 2.35. The third kappa shape index (κ3) is 8.95. The summed E-state index contributed by atoms with van der Waals surface area (Å²) in [6, 6.07) is 14.3. The van der Waals surface area contributed by atoms with Crippen LogP contribution in [0.15, 0.2) is 54.6 Å². The molecule has 2 N–H and O–H groups in total. The largest absolute Gasteiger partial charge is 0.326 e. The number of nitrogens with one attached hydrogen (secondary N) is 2. The van der Waals surface area contributed by atoms with Crippen LogP contribution in [0.25, 0.3) is 6.08 Å². The first-order valence-corrected chi connectivity index (χ1v) is 10.9. The zero-order valence-electron chi connectivity index (χ0n) is 16.1. The van der Waals surface area contributed by atoms with Gasteiger partial charge in [-0.05, 0) is 42.3 Å². The van der Waals surface area contributed by atoms with E-state index in [1.807, 2.05) is 37.3 Å². The topological polar surface area (TPSA) is 44.4 Å². The number of hydrogen-bond acceptors (Lipinski definition) is 3. The van der Waals surface area contributed by atoms with Crippen LogP contribution in [0.2, 0.25) is 0 Å². The molecule has 0 aliphatic carbocycles. The van der Waals surface area contributed by atoms with Crippen LogP contribution in [0, 0.1) is 12.7 Å². The normalized spacial score (nSPS) is 11.3. The third-order valence-electron chi connectivity index (χ3n) is 4.15. The molecule has 1 amide bonds. The molecule has 0 saturated heterocycles. The summed E-state index contributed by atoms with van der Waals surface area (Å²) in [5.41, 5.74) is 2.96. The summed E-state index contributed by atoms with van der Waals surface area (Å²) in [5, 5.41) is 6.24. The number of benzene rings is 2. The molecule has 0 saturated carbocycles. The van der Waals surface area contributed by atoms with E-state index in [2.05, 4.69) is 44.2 Å². The minimum atomic E-state index is -0.218. The number of amides is 1. The zero-order chi connectivity index (χ0) is 20.2. The highest BCUT2D eigenvalue weighted by atomic mass is 127. The van der Waals surface area contributed by atoms with Crippen LogP contribution in [-0.2, 0) is 4.79 Å². The van der Waals surface area contributed by atoms with Crippen molar-refractivity contribution in [1.82, 2.24) is 10.2 Å². The van der Waals surface area contributed by atoms with E-state index >= 15 is 0 Å². The van der Waals surface area contributed by atoms with Gasteiger partial charge in [0, 0.05) is 38.3 Å². The zero-order valence-corrected chi connectivity index (χ0v) is 18.3. The fourth-order valence-corrected chi connectivity index (χ4v) is 3.24. The second-order valence-corrected chi connectivity index (χ2v) is 7.25. The first-order valence-electron chi connectivity index (χ1n) is 9.34. The minimum absolute atomic E-state index is 0.0195. The Morgan fingerprint density at radius 1 is 1.18 bits per heavy atom. The van der Waals surface area contributed by atoms with E-state index in [0.29, 0.717) is 13.0 Å². The Morgan fingerprint density at radius 3 is 2.68 bits per heavy atom. The number of aryl methyl sites for hydroxylation is 1. The van der Waals surface area contributed by atoms with Gasteiger partial charge in [0.25, 0.3) is 0 Å². The van der Waals surface area contributed by atoms with Gasteiger partial charge >= 0.3 is 0 Å². The smallest absolute Gasteiger partial charge is 0.225 e. The molecule has 0 radical (unpaired) electrons. The second kappa shape index (κ2) is 12.6. The summed E-state index contributed by atoms with van der Waals surface area (Å²) in [4.78, 5) is 14.3. The summed E-state index contributed by atoms with van der Waals surface area (Å²) in [5.74, 6) is -0.198. The quantitative estimate of drug-likeness (QED) is 0.210. The van der Waals surface area contributed by atoms with E-state index in [-0.39, 0.29) is 11.7 Å². The van der Waals surface area contributed by atoms with E-state index in [9.17, 15) is 9.18 Å². The first kappa shape index (κ1) is 22.5. The van der Waals surface area contributed by atoms with Crippen molar-refractivity contribution in [1.29, 1.82) is 0 Å². The van der Waals surface area contributed by atoms with Gasteiger partial charge in [-0.1, -0.05) is 59.0 Å². The van der Waals surface area contributed by atoms with Gasteiger partial charge in [-0.3, -0.25) is 9.69 Å². The van der Waals surface area contributed by atoms with Gasteiger partial charge < -0.3 is 10.6 Å². The predicted molar refractivity (Wildman–Crippen MR) is 123 cm³/mol. The summed E-state index contributed by atoms with van der Waals surface area (Å²) in [6.07, 6.45) is 4.53. The Kier molecular flexibility index (Phi) is 10.2. The van der Waals surface area contributed by atoms with Gasteiger partial charge in [0.1, 0.15) is 5.82 Å². The van der Waals surface area contributed by atoms with E-state index in [4.69, 9.17) is 0 Å². The van der Waals surface area contributed by atoms with Gasteiger partial charge in [-0.2, -0.15) is 0 Å². The molecule has 2 rings (SSSR count). The van der Waals surface area contributed by atoms with Crippen molar-refractivity contribution in [2.45, 2.75) is 13.3 Å². The molecule has 28 heavy (non-hydrogen) atoms. The van der Waals surface area contributed by atoms with Gasteiger partial charge in [-0.25, -0.2) is 4.39 Å². The van der Waals surface area contributed by atoms with Crippen LogP contribution in [0.1, 0.15) is 17.5 Å². The van der Waals surface area contributed by atoms with Crippen LogP contribution in [0.3, 0.4) is 0 Å². The van der Waals surface area contributed by atoms with Crippen LogP contribution < -0.4 is 10.6 Å². The van der Waals surface area contributed by atoms with Crippen LogP contribution in [0.4, 0.5) is 10.1 Å². The maximum Gasteiger partial charge on any atom is 0.225 e. The Labute approximate surface area is 180 Å². The molecule has 0 unspecified atom stereocenters.